The second-order valence-corrected chi connectivity index (χ2v) is 8.70. The van der Waals surface area contributed by atoms with E-state index in [2.05, 4.69) is 15.2 Å². The van der Waals surface area contributed by atoms with E-state index in [1.54, 1.807) is 44.6 Å². The van der Waals surface area contributed by atoms with Crippen molar-refractivity contribution in [3.63, 3.8) is 0 Å². The highest BCUT2D eigenvalue weighted by Gasteiger charge is 2.29. The molecule has 1 aromatic carbocycles. The Labute approximate surface area is 194 Å². The molecule has 8 nitrogen and oxygen atoms in total. The molecule has 4 aromatic rings. The maximum Gasteiger partial charge on any atom is 0.261 e. The van der Waals surface area contributed by atoms with Crippen molar-refractivity contribution < 1.29 is 9.13 Å². The maximum atomic E-state index is 14.9. The van der Waals surface area contributed by atoms with E-state index in [0.717, 1.165) is 5.56 Å². The fourth-order valence-electron chi connectivity index (χ4n) is 4.10. The van der Waals surface area contributed by atoms with Crippen molar-refractivity contribution >= 4 is 23.1 Å². The molecule has 10 heteroatoms. The average Bonchev–Trinajstić information content (AvgIpc) is 3.32. The fraction of sp³-hybridized carbons (Fsp3) is 0.304. The Hall–Kier alpha value is -3.30. The molecule has 3 aromatic heterocycles. The highest BCUT2D eigenvalue weighted by molar-refractivity contribution is 6.30. The first-order chi connectivity index (χ1) is 15.8. The molecule has 0 saturated carbocycles. The summed E-state index contributed by atoms with van der Waals surface area (Å²) < 4.78 is 22.5. The van der Waals surface area contributed by atoms with Crippen LogP contribution in [0.2, 0.25) is 5.02 Å². The molecule has 1 saturated heterocycles. The summed E-state index contributed by atoms with van der Waals surface area (Å²) in [5.41, 5.74) is 2.60. The van der Waals surface area contributed by atoms with E-state index in [4.69, 9.17) is 21.3 Å². The Morgan fingerprint density at radius 2 is 2.06 bits per heavy atom. The summed E-state index contributed by atoms with van der Waals surface area (Å²) in [7, 11) is 0. The van der Waals surface area contributed by atoms with Gasteiger partial charge in [-0.25, -0.2) is 14.4 Å². The minimum Gasteiger partial charge on any atom is -0.367 e. The van der Waals surface area contributed by atoms with E-state index in [0.29, 0.717) is 35.8 Å². The van der Waals surface area contributed by atoms with Gasteiger partial charge in [0.25, 0.3) is 5.56 Å². The Balaban J connectivity index is 1.71. The van der Waals surface area contributed by atoms with Crippen LogP contribution in [0.15, 0.2) is 41.6 Å². The number of hydrogen-bond donors (Lipinski definition) is 1. The highest BCUT2D eigenvalue weighted by atomic mass is 35.5. The Bertz CT molecular complexity index is 1400. The third-order valence-corrected chi connectivity index (χ3v) is 6.16. The predicted octanol–water partition coefficient (Wildman–Crippen LogP) is 3.86. The number of halogens is 2. The van der Waals surface area contributed by atoms with E-state index < -0.39 is 5.82 Å². The van der Waals surface area contributed by atoms with Crippen LogP contribution in [0, 0.1) is 19.7 Å². The van der Waals surface area contributed by atoms with Crippen LogP contribution in [0.25, 0.3) is 16.9 Å². The summed E-state index contributed by atoms with van der Waals surface area (Å²) in [5.74, 6) is -0.00389. The number of nitrogens with zero attached hydrogens (tertiary/aromatic N) is 5. The van der Waals surface area contributed by atoms with Gasteiger partial charge >= 0.3 is 0 Å². The zero-order chi connectivity index (χ0) is 23.3. The lowest BCUT2D eigenvalue weighted by molar-refractivity contribution is -0.0176. The summed E-state index contributed by atoms with van der Waals surface area (Å²) in [6, 6.07) is 4.38. The molecule has 1 fully saturated rings. The number of aromatic amines is 1. The largest absolute Gasteiger partial charge is 0.367 e. The van der Waals surface area contributed by atoms with Gasteiger partial charge in [-0.05, 0) is 39.0 Å². The molecule has 0 radical (unpaired) electrons. The second kappa shape index (κ2) is 8.24. The molecule has 170 valence electrons. The van der Waals surface area contributed by atoms with Crippen molar-refractivity contribution in [3.05, 3.63) is 74.8 Å². The van der Waals surface area contributed by atoms with Gasteiger partial charge in [0.2, 0.25) is 0 Å². The average molecular weight is 469 g/mol. The molecule has 4 heterocycles. The topological polar surface area (TPSA) is 88.4 Å². The number of fused-ring (bicyclic) bond motifs is 1. The molecule has 5 rings (SSSR count). The number of aryl methyl sites for hydroxylation is 1. The summed E-state index contributed by atoms with van der Waals surface area (Å²) in [4.78, 5) is 24.5. The van der Waals surface area contributed by atoms with Crippen LogP contribution in [-0.4, -0.2) is 43.8 Å². The van der Waals surface area contributed by atoms with E-state index >= 15 is 0 Å². The van der Waals surface area contributed by atoms with E-state index in [-0.39, 0.29) is 34.0 Å². The third kappa shape index (κ3) is 3.87. The van der Waals surface area contributed by atoms with E-state index in [1.165, 1.54) is 10.5 Å². The second-order valence-electron chi connectivity index (χ2n) is 8.26. The van der Waals surface area contributed by atoms with Crippen molar-refractivity contribution in [2.24, 2.45) is 0 Å². The van der Waals surface area contributed by atoms with Gasteiger partial charge in [0.05, 0.1) is 25.0 Å². The summed E-state index contributed by atoms with van der Waals surface area (Å²) in [6.45, 7) is 6.51. The van der Waals surface area contributed by atoms with Crippen molar-refractivity contribution in [2.45, 2.75) is 33.0 Å². The van der Waals surface area contributed by atoms with Gasteiger partial charge in [-0.3, -0.25) is 14.3 Å². The number of anilines is 1. The molecule has 0 spiro atoms. The number of morpholine rings is 1. The van der Waals surface area contributed by atoms with Crippen LogP contribution in [0.5, 0.6) is 0 Å². The quantitative estimate of drug-likeness (QED) is 0.491. The molecule has 0 aliphatic carbocycles. The van der Waals surface area contributed by atoms with Gasteiger partial charge in [0, 0.05) is 40.1 Å². The Kier molecular flexibility index (Phi) is 5.38. The summed E-state index contributed by atoms with van der Waals surface area (Å²) in [5, 5.41) is 7.10. The normalized spacial score (nSPS) is 18.8. The number of aromatic nitrogens is 5. The molecular formula is C23H22ClFN6O2. The molecular weight excluding hydrogens is 447 g/mol. The van der Waals surface area contributed by atoms with Crippen LogP contribution in [0.3, 0.4) is 0 Å². The number of ether oxygens (including phenoxy) is 1. The van der Waals surface area contributed by atoms with Crippen LogP contribution in [-0.2, 0) is 4.74 Å². The summed E-state index contributed by atoms with van der Waals surface area (Å²) >= 11 is 5.97. The lowest BCUT2D eigenvalue weighted by atomic mass is 10.1. The minimum atomic E-state index is -0.534. The Morgan fingerprint density at radius 3 is 2.79 bits per heavy atom. The van der Waals surface area contributed by atoms with Crippen molar-refractivity contribution in [3.8, 4) is 11.3 Å². The first-order valence-electron chi connectivity index (χ1n) is 10.6. The monoisotopic (exact) mass is 468 g/mol. The minimum absolute atomic E-state index is 0.0959. The zero-order valence-corrected chi connectivity index (χ0v) is 19.1. The lowest BCUT2D eigenvalue weighted by Gasteiger charge is -2.37. The van der Waals surface area contributed by atoms with Crippen molar-refractivity contribution in [2.75, 3.05) is 18.0 Å². The maximum absolute atomic E-state index is 14.9. The van der Waals surface area contributed by atoms with Gasteiger partial charge in [-0.1, -0.05) is 11.6 Å². The standard InChI is InChI=1S/C23H22ClFN6O2/c1-12-9-30(10-19(33-12)15-7-26-27-8-15)20-11-31-22(28-14(3)13(2)23(31)32)21(29-20)17-5-4-16(24)6-18(17)25/h4-8,11-12,19H,9-10H2,1-3H3,(H,26,27)/t12-,19+/m1/s1. The van der Waals surface area contributed by atoms with Gasteiger partial charge < -0.3 is 9.64 Å². The number of nitrogens with one attached hydrogen (secondary N) is 1. The lowest BCUT2D eigenvalue weighted by Crippen LogP contribution is -2.43. The van der Waals surface area contributed by atoms with Gasteiger partial charge in [0.1, 0.15) is 23.4 Å². The van der Waals surface area contributed by atoms with Crippen molar-refractivity contribution in [1.29, 1.82) is 0 Å². The molecule has 1 N–H and O–H groups in total. The number of rotatable bonds is 3. The number of hydrogen-bond acceptors (Lipinski definition) is 6. The van der Waals surface area contributed by atoms with Crippen LogP contribution in [0.4, 0.5) is 10.2 Å². The van der Waals surface area contributed by atoms with E-state index in [1.807, 2.05) is 11.8 Å². The summed E-state index contributed by atoms with van der Waals surface area (Å²) in [6.07, 6.45) is 4.86. The zero-order valence-electron chi connectivity index (χ0n) is 18.3. The molecule has 1 aliphatic heterocycles. The molecule has 0 amide bonds. The van der Waals surface area contributed by atoms with Gasteiger partial charge in [-0.2, -0.15) is 5.10 Å². The van der Waals surface area contributed by atoms with Crippen molar-refractivity contribution in [1.82, 2.24) is 24.6 Å². The SMILES string of the molecule is Cc1nc2c(-c3ccc(Cl)cc3F)nc(N3C[C@@H](C)O[C@H](c4cn[nH]c4)C3)cn2c(=O)c1C. The molecule has 33 heavy (non-hydrogen) atoms. The van der Waals surface area contributed by atoms with Crippen LogP contribution < -0.4 is 10.5 Å². The number of H-pyrrole nitrogens is 1. The Morgan fingerprint density at radius 1 is 1.24 bits per heavy atom. The predicted molar refractivity (Wildman–Crippen MR) is 123 cm³/mol. The third-order valence-electron chi connectivity index (χ3n) is 5.93. The van der Waals surface area contributed by atoms with Gasteiger partial charge in [0.15, 0.2) is 5.65 Å². The first-order valence-corrected chi connectivity index (χ1v) is 10.9. The molecule has 2 atom stereocenters. The molecule has 0 unspecified atom stereocenters. The first kappa shape index (κ1) is 21.5. The number of benzene rings is 1. The molecule has 0 bridgehead atoms. The molecule has 1 aliphatic rings. The van der Waals surface area contributed by atoms with Gasteiger partial charge in [-0.15, -0.1) is 0 Å². The van der Waals surface area contributed by atoms with Crippen LogP contribution in [0.1, 0.15) is 29.8 Å². The fourth-order valence-corrected chi connectivity index (χ4v) is 4.26. The van der Waals surface area contributed by atoms with Crippen LogP contribution >= 0.6 is 11.6 Å². The highest BCUT2D eigenvalue weighted by Crippen LogP contribution is 2.31. The van der Waals surface area contributed by atoms with E-state index in [9.17, 15) is 9.18 Å². The smallest absolute Gasteiger partial charge is 0.261 e.